The predicted molar refractivity (Wildman–Crippen MR) is 141 cm³/mol. The van der Waals surface area contributed by atoms with E-state index in [9.17, 15) is 14.7 Å². The van der Waals surface area contributed by atoms with Gasteiger partial charge in [0.25, 0.3) is 5.56 Å². The summed E-state index contributed by atoms with van der Waals surface area (Å²) in [6.45, 7) is 7.48. The number of carbonyl (C=O) groups is 1. The van der Waals surface area contributed by atoms with Gasteiger partial charge in [-0.2, -0.15) is 0 Å². The fourth-order valence-corrected chi connectivity index (χ4v) is 5.51. The second kappa shape index (κ2) is 10.5. The van der Waals surface area contributed by atoms with Crippen molar-refractivity contribution in [2.45, 2.75) is 31.2 Å². The van der Waals surface area contributed by atoms with Crippen molar-refractivity contribution >= 4 is 35.1 Å². The Morgan fingerprint density at radius 1 is 1.29 bits per heavy atom. The van der Waals surface area contributed by atoms with Gasteiger partial charge in [0.05, 0.1) is 28.5 Å². The van der Waals surface area contributed by atoms with E-state index in [1.165, 1.54) is 11.3 Å². The van der Waals surface area contributed by atoms with Gasteiger partial charge in [0.1, 0.15) is 5.75 Å². The zero-order valence-corrected chi connectivity index (χ0v) is 21.4. The smallest absolute Gasteiger partial charge is 0.338 e. The van der Waals surface area contributed by atoms with Gasteiger partial charge in [-0.05, 0) is 73.6 Å². The van der Waals surface area contributed by atoms with Crippen LogP contribution in [0.15, 0.2) is 81.1 Å². The predicted octanol–water partition coefficient (Wildman–Crippen LogP) is 3.95. The molecule has 0 aliphatic carbocycles. The molecular weight excluding hydrogens is 480 g/mol. The standard InChI is InChI=1S/C27H26N2O4S2/c1-5-7-19-14-17(8-13-21(19)30)15-22-25(31)29-24(18-9-11-20(34-4)12-10-18)23(26(32)33-6-2)16(3)28-27(29)35-22/h5,8-15,24,30H,1,6-7H2,2-4H3/b22-15+/t24-/m0/s1. The summed E-state index contributed by atoms with van der Waals surface area (Å²) in [5.41, 5.74) is 2.99. The molecule has 0 radical (unpaired) electrons. The first-order valence-corrected chi connectivity index (χ1v) is 13.2. The minimum absolute atomic E-state index is 0.187. The molecular formula is C27H26N2O4S2. The molecule has 8 heteroatoms. The van der Waals surface area contributed by atoms with Crippen LogP contribution in [0.3, 0.4) is 0 Å². The van der Waals surface area contributed by atoms with Gasteiger partial charge in [-0.25, -0.2) is 9.79 Å². The van der Waals surface area contributed by atoms with Crippen LogP contribution in [0, 0.1) is 0 Å². The SMILES string of the molecule is C=CCc1cc(/C=c2/sc3n(c2=O)[C@@H](c2ccc(SC)cc2)C(C(=O)OCC)=C(C)N=3)ccc1O. The van der Waals surface area contributed by atoms with E-state index in [-0.39, 0.29) is 17.9 Å². The number of allylic oxidation sites excluding steroid dienone is 2. The molecule has 1 atom stereocenters. The molecule has 2 aromatic carbocycles. The summed E-state index contributed by atoms with van der Waals surface area (Å²) < 4.78 is 7.41. The number of fused-ring (bicyclic) bond motifs is 1. The van der Waals surface area contributed by atoms with Crippen molar-refractivity contribution in [1.29, 1.82) is 0 Å². The molecule has 0 fully saturated rings. The van der Waals surface area contributed by atoms with E-state index >= 15 is 0 Å². The number of esters is 1. The van der Waals surface area contributed by atoms with Gasteiger partial charge in [-0.1, -0.05) is 35.6 Å². The molecule has 0 unspecified atom stereocenters. The molecule has 0 amide bonds. The molecule has 1 N–H and O–H groups in total. The first-order chi connectivity index (χ1) is 16.9. The first-order valence-electron chi connectivity index (χ1n) is 11.1. The van der Waals surface area contributed by atoms with Gasteiger partial charge >= 0.3 is 5.97 Å². The maximum Gasteiger partial charge on any atom is 0.338 e. The number of phenolic OH excluding ortho intramolecular Hbond substituents is 1. The van der Waals surface area contributed by atoms with Crippen LogP contribution in [-0.4, -0.2) is 28.5 Å². The number of aromatic hydroxyl groups is 1. The van der Waals surface area contributed by atoms with Crippen molar-refractivity contribution in [3.63, 3.8) is 0 Å². The molecule has 0 bridgehead atoms. The number of hydrogen-bond acceptors (Lipinski definition) is 7. The highest BCUT2D eigenvalue weighted by Gasteiger charge is 2.33. The molecule has 3 aromatic rings. The highest BCUT2D eigenvalue weighted by Crippen LogP contribution is 2.31. The second-order valence-corrected chi connectivity index (χ2v) is 9.85. The second-order valence-electron chi connectivity index (χ2n) is 7.96. The van der Waals surface area contributed by atoms with E-state index in [0.717, 1.165) is 21.6 Å². The lowest BCUT2D eigenvalue weighted by Crippen LogP contribution is -2.39. The van der Waals surface area contributed by atoms with E-state index in [1.54, 1.807) is 54.5 Å². The van der Waals surface area contributed by atoms with Crippen molar-refractivity contribution in [2.75, 3.05) is 12.9 Å². The molecule has 1 aromatic heterocycles. The first kappa shape index (κ1) is 24.8. The molecule has 1 aliphatic rings. The van der Waals surface area contributed by atoms with Crippen LogP contribution in [0.2, 0.25) is 0 Å². The Bertz CT molecular complexity index is 1500. The maximum absolute atomic E-state index is 13.7. The molecule has 1 aliphatic heterocycles. The average molecular weight is 507 g/mol. The normalized spacial score (nSPS) is 15.5. The molecule has 0 saturated heterocycles. The van der Waals surface area contributed by atoms with E-state index in [0.29, 0.717) is 27.0 Å². The number of aromatic nitrogens is 1. The van der Waals surface area contributed by atoms with Crippen molar-refractivity contribution in [2.24, 2.45) is 4.99 Å². The third kappa shape index (κ3) is 4.90. The fourth-order valence-electron chi connectivity index (χ4n) is 4.06. The Hall–Kier alpha value is -3.36. The number of hydrogen-bond donors (Lipinski definition) is 1. The van der Waals surface area contributed by atoms with Crippen LogP contribution < -0.4 is 14.9 Å². The Labute approximate surface area is 211 Å². The molecule has 180 valence electrons. The molecule has 0 spiro atoms. The lowest BCUT2D eigenvalue weighted by Gasteiger charge is -2.24. The summed E-state index contributed by atoms with van der Waals surface area (Å²) in [6, 6.07) is 12.4. The third-order valence-corrected chi connectivity index (χ3v) is 7.44. The van der Waals surface area contributed by atoms with Crippen molar-refractivity contribution in [3.8, 4) is 5.75 Å². The number of rotatable bonds is 7. The highest BCUT2D eigenvalue weighted by atomic mass is 32.2. The number of thioether (sulfide) groups is 1. The number of nitrogens with zero attached hydrogens (tertiary/aromatic N) is 2. The van der Waals surface area contributed by atoms with E-state index in [4.69, 9.17) is 4.74 Å². The topological polar surface area (TPSA) is 80.9 Å². The van der Waals surface area contributed by atoms with Crippen LogP contribution >= 0.6 is 23.1 Å². The number of benzene rings is 2. The van der Waals surface area contributed by atoms with Crippen LogP contribution in [0.5, 0.6) is 5.75 Å². The Kier molecular flexibility index (Phi) is 7.42. The monoisotopic (exact) mass is 506 g/mol. The van der Waals surface area contributed by atoms with Gasteiger partial charge in [0.2, 0.25) is 0 Å². The van der Waals surface area contributed by atoms with E-state index < -0.39 is 12.0 Å². The summed E-state index contributed by atoms with van der Waals surface area (Å²) in [7, 11) is 0. The van der Waals surface area contributed by atoms with Crippen molar-refractivity contribution in [3.05, 3.63) is 103 Å². The van der Waals surface area contributed by atoms with Gasteiger partial charge in [-0.15, -0.1) is 18.3 Å². The number of phenols is 1. The van der Waals surface area contributed by atoms with Gasteiger partial charge in [0, 0.05) is 4.90 Å². The average Bonchev–Trinajstić information content (AvgIpc) is 3.15. The van der Waals surface area contributed by atoms with Crippen LogP contribution in [0.4, 0.5) is 0 Å². The summed E-state index contributed by atoms with van der Waals surface area (Å²) in [5.74, 6) is -0.290. The van der Waals surface area contributed by atoms with Gasteiger partial charge in [0.15, 0.2) is 4.80 Å². The number of thiazole rings is 1. The quantitative estimate of drug-likeness (QED) is 0.298. The van der Waals surface area contributed by atoms with Crippen molar-refractivity contribution < 1.29 is 14.6 Å². The number of ether oxygens (including phenoxy) is 1. The van der Waals surface area contributed by atoms with Gasteiger partial charge in [-0.3, -0.25) is 9.36 Å². The molecule has 0 saturated carbocycles. The van der Waals surface area contributed by atoms with E-state index in [2.05, 4.69) is 11.6 Å². The van der Waals surface area contributed by atoms with Gasteiger partial charge < -0.3 is 9.84 Å². The lowest BCUT2D eigenvalue weighted by molar-refractivity contribution is -0.139. The van der Waals surface area contributed by atoms with Crippen LogP contribution in [0.1, 0.15) is 36.6 Å². The molecule has 35 heavy (non-hydrogen) atoms. The summed E-state index contributed by atoms with van der Waals surface area (Å²) >= 11 is 2.89. The zero-order valence-electron chi connectivity index (χ0n) is 19.8. The van der Waals surface area contributed by atoms with E-state index in [1.807, 2.05) is 36.6 Å². The fraction of sp³-hybridized carbons (Fsp3) is 0.222. The molecule has 4 rings (SSSR count). The lowest BCUT2D eigenvalue weighted by atomic mass is 9.96. The molecule has 6 nitrogen and oxygen atoms in total. The third-order valence-electron chi connectivity index (χ3n) is 5.71. The largest absolute Gasteiger partial charge is 0.508 e. The summed E-state index contributed by atoms with van der Waals surface area (Å²) in [6.07, 6.45) is 6.01. The molecule has 2 heterocycles. The Balaban J connectivity index is 1.91. The summed E-state index contributed by atoms with van der Waals surface area (Å²) in [4.78, 5) is 32.9. The Morgan fingerprint density at radius 3 is 2.69 bits per heavy atom. The number of carbonyl (C=O) groups excluding carboxylic acids is 1. The highest BCUT2D eigenvalue weighted by molar-refractivity contribution is 7.98. The van der Waals surface area contributed by atoms with Crippen LogP contribution in [-0.2, 0) is 16.0 Å². The minimum Gasteiger partial charge on any atom is -0.508 e. The van der Waals surface area contributed by atoms with Crippen LogP contribution in [0.25, 0.3) is 6.08 Å². The Morgan fingerprint density at radius 2 is 2.03 bits per heavy atom. The zero-order chi connectivity index (χ0) is 25.1. The maximum atomic E-state index is 13.7. The summed E-state index contributed by atoms with van der Waals surface area (Å²) in [5, 5.41) is 10.1. The minimum atomic E-state index is -0.639. The van der Waals surface area contributed by atoms with Crippen molar-refractivity contribution in [1.82, 2.24) is 4.57 Å².